The Bertz CT molecular complexity index is 675. The fourth-order valence-electron chi connectivity index (χ4n) is 2.45. The Morgan fingerprint density at radius 2 is 1.74 bits per heavy atom. The van der Waals surface area contributed by atoms with Crippen molar-refractivity contribution in [2.45, 2.75) is 16.6 Å². The second kappa shape index (κ2) is 7.33. The number of hydrogen-bond donors (Lipinski definition) is 0. The number of imide groups is 1. The summed E-state index contributed by atoms with van der Waals surface area (Å²) in [5.74, 6) is -0.190. The lowest BCUT2D eigenvalue weighted by Gasteiger charge is -2.19. The van der Waals surface area contributed by atoms with Crippen LogP contribution in [0, 0.1) is 0 Å². The first kappa shape index (κ1) is 15.6. The number of ether oxygens (including phenoxy) is 1. The van der Waals surface area contributed by atoms with Crippen molar-refractivity contribution in [1.29, 1.82) is 0 Å². The van der Waals surface area contributed by atoms with Crippen LogP contribution in [0.2, 0.25) is 0 Å². The summed E-state index contributed by atoms with van der Waals surface area (Å²) in [5.41, 5.74) is 1.07. The fraction of sp³-hybridized carbons (Fsp3) is 0.222. The number of hydrogen-bond acceptors (Lipinski definition) is 4. The highest BCUT2D eigenvalue weighted by Gasteiger charge is 2.30. The molecule has 0 bridgehead atoms. The van der Waals surface area contributed by atoms with Gasteiger partial charge in [-0.05, 0) is 17.7 Å². The van der Waals surface area contributed by atoms with Crippen molar-refractivity contribution in [3.8, 4) is 0 Å². The van der Waals surface area contributed by atoms with Crippen LogP contribution in [0.5, 0.6) is 0 Å². The van der Waals surface area contributed by atoms with E-state index in [2.05, 4.69) is 0 Å². The first-order valence-corrected chi connectivity index (χ1v) is 8.36. The lowest BCUT2D eigenvalue weighted by atomic mass is 10.1. The highest BCUT2D eigenvalue weighted by Crippen LogP contribution is 2.38. The van der Waals surface area contributed by atoms with Crippen molar-refractivity contribution in [2.75, 3.05) is 13.2 Å². The summed E-state index contributed by atoms with van der Waals surface area (Å²) in [4.78, 5) is 26.3. The number of rotatable bonds is 5. The molecule has 0 aromatic heterocycles. The molecule has 2 aromatic carbocycles. The predicted molar refractivity (Wildman–Crippen MR) is 89.2 cm³/mol. The Kier molecular flexibility index (Phi) is 4.98. The zero-order valence-electron chi connectivity index (χ0n) is 12.6. The third kappa shape index (κ3) is 3.93. The van der Waals surface area contributed by atoms with Gasteiger partial charge in [0.15, 0.2) is 0 Å². The standard InChI is InChI=1S/C18H17NO3S/c20-17(19-11-12-22-18(19)21)13-16(14-7-3-1-4-8-14)23-15-9-5-2-6-10-15/h1-10,16H,11-13H2/t16-/m1/s1. The van der Waals surface area contributed by atoms with E-state index >= 15 is 0 Å². The van der Waals surface area contributed by atoms with Gasteiger partial charge in [-0.2, -0.15) is 0 Å². The van der Waals surface area contributed by atoms with Gasteiger partial charge in [-0.3, -0.25) is 4.79 Å². The minimum absolute atomic E-state index is 0.0421. The molecule has 2 aromatic rings. The SMILES string of the molecule is O=C(C[C@@H](Sc1ccccc1)c1ccccc1)N1CCOC1=O. The molecule has 23 heavy (non-hydrogen) atoms. The Morgan fingerprint density at radius 3 is 2.35 bits per heavy atom. The Hall–Kier alpha value is -2.27. The predicted octanol–water partition coefficient (Wildman–Crippen LogP) is 3.89. The smallest absolute Gasteiger partial charge is 0.416 e. The highest BCUT2D eigenvalue weighted by molar-refractivity contribution is 7.99. The zero-order valence-corrected chi connectivity index (χ0v) is 13.4. The minimum Gasteiger partial charge on any atom is -0.447 e. The second-order valence-corrected chi connectivity index (χ2v) is 6.47. The van der Waals surface area contributed by atoms with E-state index in [9.17, 15) is 9.59 Å². The van der Waals surface area contributed by atoms with Crippen LogP contribution in [-0.2, 0) is 9.53 Å². The van der Waals surface area contributed by atoms with Crippen molar-refractivity contribution in [1.82, 2.24) is 4.90 Å². The highest BCUT2D eigenvalue weighted by atomic mass is 32.2. The number of benzene rings is 2. The molecule has 1 fully saturated rings. The summed E-state index contributed by atoms with van der Waals surface area (Å²) < 4.78 is 4.85. The molecule has 3 rings (SSSR count). The van der Waals surface area contributed by atoms with E-state index in [1.807, 2.05) is 60.7 Å². The van der Waals surface area contributed by atoms with Gasteiger partial charge in [0.1, 0.15) is 6.61 Å². The topological polar surface area (TPSA) is 46.6 Å². The van der Waals surface area contributed by atoms with Gasteiger partial charge in [-0.15, -0.1) is 11.8 Å². The van der Waals surface area contributed by atoms with Crippen molar-refractivity contribution in [2.24, 2.45) is 0 Å². The number of thioether (sulfide) groups is 1. The first-order chi connectivity index (χ1) is 11.2. The maximum absolute atomic E-state index is 12.4. The summed E-state index contributed by atoms with van der Waals surface area (Å²) in [5, 5.41) is -0.0421. The van der Waals surface area contributed by atoms with E-state index in [-0.39, 0.29) is 24.2 Å². The van der Waals surface area contributed by atoms with Gasteiger partial charge in [-0.25, -0.2) is 9.69 Å². The molecule has 4 nitrogen and oxygen atoms in total. The summed E-state index contributed by atoms with van der Waals surface area (Å²) in [6.07, 6.45) is -0.273. The van der Waals surface area contributed by atoms with E-state index in [4.69, 9.17) is 4.74 Å². The molecule has 0 N–H and O–H groups in total. The minimum atomic E-state index is -0.536. The lowest BCUT2D eigenvalue weighted by Crippen LogP contribution is -2.32. The average molecular weight is 327 g/mol. The molecule has 1 atom stereocenters. The molecular weight excluding hydrogens is 310 g/mol. The molecule has 2 amide bonds. The maximum atomic E-state index is 12.4. The largest absolute Gasteiger partial charge is 0.447 e. The Balaban J connectivity index is 1.78. The van der Waals surface area contributed by atoms with Crippen LogP contribution in [0.3, 0.4) is 0 Å². The molecule has 0 aliphatic carbocycles. The van der Waals surface area contributed by atoms with E-state index in [1.165, 1.54) is 4.90 Å². The van der Waals surface area contributed by atoms with Crippen LogP contribution < -0.4 is 0 Å². The van der Waals surface area contributed by atoms with Crippen LogP contribution in [0.4, 0.5) is 4.79 Å². The third-order valence-electron chi connectivity index (χ3n) is 3.61. The second-order valence-electron chi connectivity index (χ2n) is 5.19. The van der Waals surface area contributed by atoms with Crippen molar-refractivity contribution >= 4 is 23.8 Å². The normalized spacial score (nSPS) is 15.3. The van der Waals surface area contributed by atoms with E-state index in [1.54, 1.807) is 11.8 Å². The fourth-order valence-corrected chi connectivity index (χ4v) is 3.61. The van der Waals surface area contributed by atoms with Gasteiger partial charge in [0.25, 0.3) is 0 Å². The monoisotopic (exact) mass is 327 g/mol. The summed E-state index contributed by atoms with van der Waals surface area (Å²) >= 11 is 1.63. The Morgan fingerprint density at radius 1 is 1.09 bits per heavy atom. The van der Waals surface area contributed by atoms with E-state index in [0.717, 1.165) is 10.5 Å². The van der Waals surface area contributed by atoms with Crippen LogP contribution in [-0.4, -0.2) is 30.1 Å². The van der Waals surface area contributed by atoms with Crippen LogP contribution in [0.15, 0.2) is 65.6 Å². The molecule has 118 valence electrons. The average Bonchev–Trinajstić information content (AvgIpc) is 3.02. The van der Waals surface area contributed by atoms with Crippen molar-refractivity contribution < 1.29 is 14.3 Å². The van der Waals surface area contributed by atoms with Crippen LogP contribution >= 0.6 is 11.8 Å². The number of carbonyl (C=O) groups excluding carboxylic acids is 2. The van der Waals surface area contributed by atoms with Gasteiger partial charge in [0, 0.05) is 16.6 Å². The molecule has 1 heterocycles. The lowest BCUT2D eigenvalue weighted by molar-refractivity contribution is -0.127. The van der Waals surface area contributed by atoms with Crippen LogP contribution in [0.1, 0.15) is 17.2 Å². The number of nitrogens with zero attached hydrogens (tertiary/aromatic N) is 1. The number of carbonyl (C=O) groups is 2. The molecule has 0 spiro atoms. The quantitative estimate of drug-likeness (QED) is 0.782. The van der Waals surface area contributed by atoms with Gasteiger partial charge in [0.05, 0.1) is 6.54 Å². The molecular formula is C18H17NO3S. The molecule has 5 heteroatoms. The third-order valence-corrected chi connectivity index (χ3v) is 4.88. The van der Waals surface area contributed by atoms with Crippen molar-refractivity contribution in [3.63, 3.8) is 0 Å². The molecule has 0 saturated carbocycles. The van der Waals surface area contributed by atoms with Gasteiger partial charge >= 0.3 is 6.09 Å². The Labute approximate surface area is 139 Å². The summed E-state index contributed by atoms with van der Waals surface area (Å²) in [6, 6.07) is 19.9. The maximum Gasteiger partial charge on any atom is 0.416 e. The van der Waals surface area contributed by atoms with Gasteiger partial charge in [-0.1, -0.05) is 48.5 Å². The van der Waals surface area contributed by atoms with Crippen LogP contribution in [0.25, 0.3) is 0 Å². The van der Waals surface area contributed by atoms with E-state index in [0.29, 0.717) is 6.54 Å². The first-order valence-electron chi connectivity index (χ1n) is 7.48. The number of cyclic esters (lactones) is 1. The summed E-state index contributed by atoms with van der Waals surface area (Å²) in [7, 11) is 0. The van der Waals surface area contributed by atoms with Crippen molar-refractivity contribution in [3.05, 3.63) is 66.2 Å². The molecule has 1 saturated heterocycles. The molecule has 1 aliphatic rings. The molecule has 1 aliphatic heterocycles. The van der Waals surface area contributed by atoms with Gasteiger partial charge in [0.2, 0.25) is 5.91 Å². The van der Waals surface area contributed by atoms with Gasteiger partial charge < -0.3 is 4.74 Å². The zero-order chi connectivity index (χ0) is 16.1. The number of amides is 2. The molecule has 0 radical (unpaired) electrons. The summed E-state index contributed by atoms with van der Waals surface area (Å²) in [6.45, 7) is 0.627. The van der Waals surface area contributed by atoms with E-state index < -0.39 is 6.09 Å². The molecule has 0 unspecified atom stereocenters.